The fourth-order valence-electron chi connectivity index (χ4n) is 4.16. The van der Waals surface area contributed by atoms with Crippen molar-refractivity contribution in [2.75, 3.05) is 14.2 Å². The smallest absolute Gasteiger partial charge is 0.423 e. The molecule has 1 aromatic heterocycles. The highest BCUT2D eigenvalue weighted by Crippen LogP contribution is 2.37. The maximum Gasteiger partial charge on any atom is 0.423 e. The number of aromatic nitrogens is 2. The number of halogens is 1. The molecule has 4 atom stereocenters. The van der Waals surface area contributed by atoms with Gasteiger partial charge in [0.2, 0.25) is 0 Å². The van der Waals surface area contributed by atoms with E-state index < -0.39 is 11.8 Å². The summed E-state index contributed by atoms with van der Waals surface area (Å²) in [5.74, 6) is 0. The number of para-hydroxylation sites is 2. The molecule has 1 N–H and O–H groups in total. The van der Waals surface area contributed by atoms with Crippen molar-refractivity contribution >= 4 is 29.5 Å². The van der Waals surface area contributed by atoms with Crippen LogP contribution in [0.15, 0.2) is 29.1 Å². The van der Waals surface area contributed by atoms with Gasteiger partial charge in [-0.1, -0.05) is 12.1 Å². The Kier molecular flexibility index (Phi) is 4.90. The fraction of sp³-hybridized carbons (Fsp3) is 0.529. The number of H-pyrrole nitrogens is 1. The van der Waals surface area contributed by atoms with Crippen molar-refractivity contribution in [2.24, 2.45) is 0 Å². The van der Waals surface area contributed by atoms with Crippen molar-refractivity contribution in [2.45, 2.75) is 43.6 Å². The summed E-state index contributed by atoms with van der Waals surface area (Å²) in [7, 11) is 3.82. The highest BCUT2D eigenvalue weighted by molar-refractivity contribution is 5.86. The van der Waals surface area contributed by atoms with Crippen LogP contribution < -0.4 is 5.69 Å². The van der Waals surface area contributed by atoms with Gasteiger partial charge in [0.15, 0.2) is 0 Å². The van der Waals surface area contributed by atoms with Crippen LogP contribution in [-0.2, 0) is 9.47 Å². The number of hydrogen-bond acceptors (Lipinski definition) is 5. The molecule has 0 radical (unpaired) electrons. The molecule has 0 saturated carbocycles. The number of carbonyl (C=O) groups excluding carboxylic acids is 1. The predicted octanol–water partition coefficient (Wildman–Crippen LogP) is 1.99. The molecule has 0 amide bonds. The standard InChI is InChI=1S/C17H21N3O4.ClH/c1-19-10-7-11(9-14(19)15(8-10)23-2)24-17(22)20-13-6-4-3-5-12(13)18-16(20)21;/h3-6,10-11,14-15H,7-9H2,1-2H3,(H,18,21);1H. The average molecular weight is 368 g/mol. The van der Waals surface area contributed by atoms with Crippen molar-refractivity contribution in [1.29, 1.82) is 0 Å². The lowest BCUT2D eigenvalue weighted by Gasteiger charge is -2.36. The molecule has 2 aliphatic heterocycles. The van der Waals surface area contributed by atoms with E-state index in [9.17, 15) is 9.59 Å². The molecular weight excluding hydrogens is 346 g/mol. The SMILES string of the molecule is COC1CC2CC(OC(=O)n3c(=O)[nH]c4ccccc43)CC1N2C.Cl. The summed E-state index contributed by atoms with van der Waals surface area (Å²) in [6, 6.07) is 7.71. The number of hydrogen-bond donors (Lipinski definition) is 1. The highest BCUT2D eigenvalue weighted by atomic mass is 35.5. The van der Waals surface area contributed by atoms with Crippen LogP contribution in [0.4, 0.5) is 4.79 Å². The lowest BCUT2D eigenvalue weighted by Crippen LogP contribution is -2.46. The lowest BCUT2D eigenvalue weighted by molar-refractivity contribution is 0.00470. The predicted molar refractivity (Wildman–Crippen MR) is 95.5 cm³/mol. The van der Waals surface area contributed by atoms with Gasteiger partial charge in [0, 0.05) is 32.0 Å². The Labute approximate surface area is 151 Å². The van der Waals surface area contributed by atoms with Crippen LogP contribution in [0.1, 0.15) is 19.3 Å². The summed E-state index contributed by atoms with van der Waals surface area (Å²) in [4.78, 5) is 29.6. The lowest BCUT2D eigenvalue weighted by atomic mass is 10.0. The van der Waals surface area contributed by atoms with Gasteiger partial charge in [-0.2, -0.15) is 4.57 Å². The Bertz CT molecular complexity index is 833. The van der Waals surface area contributed by atoms with Crippen molar-refractivity contribution < 1.29 is 14.3 Å². The molecule has 2 fully saturated rings. The zero-order valence-corrected chi connectivity index (χ0v) is 15.0. The highest BCUT2D eigenvalue weighted by Gasteiger charge is 2.46. The minimum atomic E-state index is -0.611. The number of nitrogens with one attached hydrogen (secondary N) is 1. The minimum Gasteiger partial charge on any atom is -0.445 e. The minimum absolute atomic E-state index is 0. The number of benzene rings is 1. The van der Waals surface area contributed by atoms with Crippen LogP contribution in [-0.4, -0.2) is 59.0 Å². The molecule has 0 aliphatic carbocycles. The molecule has 2 saturated heterocycles. The van der Waals surface area contributed by atoms with Gasteiger partial charge in [-0.3, -0.25) is 4.90 Å². The van der Waals surface area contributed by atoms with Crippen molar-refractivity contribution in [1.82, 2.24) is 14.5 Å². The van der Waals surface area contributed by atoms with E-state index in [1.54, 1.807) is 25.3 Å². The van der Waals surface area contributed by atoms with E-state index in [2.05, 4.69) is 16.9 Å². The van der Waals surface area contributed by atoms with Crippen LogP contribution in [0.25, 0.3) is 11.0 Å². The molecule has 2 aliphatic rings. The zero-order chi connectivity index (χ0) is 16.8. The summed E-state index contributed by atoms with van der Waals surface area (Å²) in [5.41, 5.74) is 0.701. The van der Waals surface area contributed by atoms with E-state index in [-0.39, 0.29) is 30.7 Å². The monoisotopic (exact) mass is 367 g/mol. The molecule has 3 heterocycles. The number of likely N-dealkylation sites (N-methyl/N-ethyl adjacent to an activating group) is 1. The molecule has 2 bridgehead atoms. The van der Waals surface area contributed by atoms with Gasteiger partial charge in [0.05, 0.1) is 17.1 Å². The first-order chi connectivity index (χ1) is 11.6. The maximum atomic E-state index is 12.6. The molecule has 2 aromatic rings. The third-order valence-electron chi connectivity index (χ3n) is 5.41. The van der Waals surface area contributed by atoms with Gasteiger partial charge < -0.3 is 14.5 Å². The number of imidazole rings is 1. The molecule has 4 unspecified atom stereocenters. The van der Waals surface area contributed by atoms with Crippen molar-refractivity contribution in [3.63, 3.8) is 0 Å². The third-order valence-corrected chi connectivity index (χ3v) is 5.41. The van der Waals surface area contributed by atoms with Crippen LogP contribution in [0.5, 0.6) is 0 Å². The summed E-state index contributed by atoms with van der Waals surface area (Å²) in [6.07, 6.45) is 1.84. The van der Waals surface area contributed by atoms with Crippen LogP contribution in [0.2, 0.25) is 0 Å². The molecule has 136 valence electrons. The molecular formula is C17H22ClN3O4. The quantitative estimate of drug-likeness (QED) is 0.878. The number of carbonyl (C=O) groups is 1. The van der Waals surface area contributed by atoms with E-state index in [0.29, 0.717) is 17.1 Å². The molecule has 7 nitrogen and oxygen atoms in total. The third kappa shape index (κ3) is 2.96. The van der Waals surface area contributed by atoms with Crippen molar-refractivity contribution in [3.05, 3.63) is 34.7 Å². The average Bonchev–Trinajstić information content (AvgIpc) is 2.96. The Hall–Kier alpha value is -1.83. The second-order valence-electron chi connectivity index (χ2n) is 6.66. The first-order valence-corrected chi connectivity index (χ1v) is 8.24. The van der Waals surface area contributed by atoms with E-state index in [1.807, 2.05) is 6.07 Å². The number of nitrogens with zero attached hydrogens (tertiary/aromatic N) is 2. The normalized spacial score (nSPS) is 28.7. The number of methoxy groups -OCH3 is 1. The van der Waals surface area contributed by atoms with Gasteiger partial charge in [0.25, 0.3) is 0 Å². The first-order valence-electron chi connectivity index (χ1n) is 8.24. The van der Waals surface area contributed by atoms with Gasteiger partial charge in [0.1, 0.15) is 6.10 Å². The zero-order valence-electron chi connectivity index (χ0n) is 14.2. The second kappa shape index (κ2) is 6.82. The van der Waals surface area contributed by atoms with E-state index in [1.165, 1.54) is 0 Å². The molecule has 0 spiro atoms. The number of ether oxygens (including phenoxy) is 2. The summed E-state index contributed by atoms with van der Waals surface area (Å²) in [5, 5.41) is 0. The van der Waals surface area contributed by atoms with Gasteiger partial charge in [-0.05, 0) is 25.6 Å². The number of aromatic amines is 1. The molecule has 8 heteroatoms. The Balaban J connectivity index is 0.00000182. The van der Waals surface area contributed by atoms with E-state index in [0.717, 1.165) is 23.8 Å². The maximum absolute atomic E-state index is 12.6. The summed E-state index contributed by atoms with van der Waals surface area (Å²) in [6.45, 7) is 0. The van der Waals surface area contributed by atoms with Crippen LogP contribution in [0.3, 0.4) is 0 Å². The first kappa shape index (κ1) is 18.0. The van der Waals surface area contributed by atoms with E-state index >= 15 is 0 Å². The van der Waals surface area contributed by atoms with E-state index in [4.69, 9.17) is 9.47 Å². The van der Waals surface area contributed by atoms with Crippen LogP contribution >= 0.6 is 12.4 Å². The molecule has 1 aromatic carbocycles. The summed E-state index contributed by atoms with van der Waals surface area (Å²) < 4.78 is 12.3. The van der Waals surface area contributed by atoms with Gasteiger partial charge >= 0.3 is 11.8 Å². The number of rotatable bonds is 2. The van der Waals surface area contributed by atoms with Gasteiger partial charge in [-0.15, -0.1) is 12.4 Å². The number of fused-ring (bicyclic) bond motifs is 3. The topological polar surface area (TPSA) is 76.6 Å². The second-order valence-corrected chi connectivity index (χ2v) is 6.66. The Morgan fingerprint density at radius 2 is 2.00 bits per heavy atom. The fourth-order valence-corrected chi connectivity index (χ4v) is 4.16. The van der Waals surface area contributed by atoms with Gasteiger partial charge in [-0.25, -0.2) is 9.59 Å². The number of piperidine rings is 1. The molecule has 25 heavy (non-hydrogen) atoms. The van der Waals surface area contributed by atoms with Crippen molar-refractivity contribution in [3.8, 4) is 0 Å². The summed E-state index contributed by atoms with van der Waals surface area (Å²) >= 11 is 0. The molecule has 4 rings (SSSR count). The van der Waals surface area contributed by atoms with Crippen LogP contribution in [0, 0.1) is 0 Å². The Morgan fingerprint density at radius 3 is 2.76 bits per heavy atom. The Morgan fingerprint density at radius 1 is 1.24 bits per heavy atom. The largest absolute Gasteiger partial charge is 0.445 e.